The molecule has 0 aliphatic carbocycles. The normalized spacial score (nSPS) is 32.4. The fourth-order valence-electron chi connectivity index (χ4n) is 3.14. The molecular weight excluding hydrogens is 248 g/mol. The Kier molecular flexibility index (Phi) is 3.13. The average Bonchev–Trinajstić information content (AvgIpc) is 3.09. The van der Waals surface area contributed by atoms with Gasteiger partial charge in [0, 0.05) is 12.6 Å². The first-order valence-corrected chi connectivity index (χ1v) is 7.53. The smallest absolute Gasteiger partial charge is 0.206 e. The Morgan fingerprint density at radius 1 is 1.30 bits per heavy atom. The number of rotatable bonds is 4. The number of hydrogen-bond acceptors (Lipinski definition) is 3. The Balaban J connectivity index is 1.81. The summed E-state index contributed by atoms with van der Waals surface area (Å²) in [4.78, 5) is 7.31. The highest BCUT2D eigenvalue weighted by Gasteiger charge is 2.59. The Bertz CT molecular complexity index is 523. The molecule has 0 radical (unpaired) electrons. The minimum absolute atomic E-state index is 0.0308. The van der Waals surface area contributed by atoms with Gasteiger partial charge in [0.2, 0.25) is 5.90 Å². The molecule has 3 atom stereocenters. The van der Waals surface area contributed by atoms with Gasteiger partial charge in [0.05, 0.1) is 5.54 Å². The van der Waals surface area contributed by atoms with E-state index in [1.807, 2.05) is 0 Å². The summed E-state index contributed by atoms with van der Waals surface area (Å²) in [6.07, 6.45) is 1.05. The van der Waals surface area contributed by atoms with Gasteiger partial charge in [-0.05, 0) is 32.8 Å². The van der Waals surface area contributed by atoms with E-state index in [1.54, 1.807) is 0 Å². The maximum absolute atomic E-state index is 5.91. The Morgan fingerprint density at radius 2 is 2.00 bits per heavy atom. The van der Waals surface area contributed by atoms with Gasteiger partial charge >= 0.3 is 0 Å². The molecule has 2 heterocycles. The van der Waals surface area contributed by atoms with Crippen molar-refractivity contribution in [1.82, 2.24) is 4.90 Å². The molecule has 108 valence electrons. The number of benzene rings is 1. The summed E-state index contributed by atoms with van der Waals surface area (Å²) >= 11 is 0. The minimum Gasteiger partial charge on any atom is -0.477 e. The summed E-state index contributed by atoms with van der Waals surface area (Å²) in [5.41, 5.74) is 1.32. The van der Waals surface area contributed by atoms with Crippen LogP contribution >= 0.6 is 0 Å². The third-order valence-corrected chi connectivity index (χ3v) is 4.58. The second kappa shape index (κ2) is 4.59. The van der Waals surface area contributed by atoms with Crippen LogP contribution < -0.4 is 0 Å². The van der Waals surface area contributed by atoms with Crippen molar-refractivity contribution in [3.8, 4) is 0 Å². The van der Waals surface area contributed by atoms with E-state index in [0.717, 1.165) is 18.9 Å². The highest BCUT2D eigenvalue weighted by atomic mass is 16.5. The van der Waals surface area contributed by atoms with Crippen molar-refractivity contribution in [3.63, 3.8) is 0 Å². The third-order valence-electron chi connectivity index (χ3n) is 4.58. The van der Waals surface area contributed by atoms with Gasteiger partial charge in [-0.2, -0.15) is 0 Å². The molecule has 0 amide bonds. The van der Waals surface area contributed by atoms with Crippen LogP contribution in [0.4, 0.5) is 0 Å². The number of nitrogens with zero attached hydrogens (tertiary/aromatic N) is 2. The quantitative estimate of drug-likeness (QED) is 0.784. The highest BCUT2D eigenvalue weighted by Crippen LogP contribution is 2.46. The van der Waals surface area contributed by atoms with Crippen LogP contribution in [-0.2, 0) is 4.74 Å². The largest absolute Gasteiger partial charge is 0.477 e. The molecule has 2 aliphatic rings. The van der Waals surface area contributed by atoms with Crippen molar-refractivity contribution in [3.05, 3.63) is 35.9 Å². The molecule has 2 aliphatic heterocycles. The Labute approximate surface area is 121 Å². The van der Waals surface area contributed by atoms with Crippen molar-refractivity contribution in [2.45, 2.75) is 51.2 Å². The average molecular weight is 272 g/mol. The van der Waals surface area contributed by atoms with Gasteiger partial charge in [0.1, 0.15) is 12.1 Å². The Hall–Kier alpha value is -1.35. The SMILES string of the molecule is CC[C@@]1(C2=NC(C)(C)CO2)CN1[C@H](C)c1ccccc1. The molecule has 0 aromatic heterocycles. The second-order valence-electron chi connectivity index (χ2n) is 6.62. The maximum atomic E-state index is 5.91. The van der Waals surface area contributed by atoms with Crippen LogP contribution in [0.25, 0.3) is 0 Å². The van der Waals surface area contributed by atoms with Crippen LogP contribution in [0.3, 0.4) is 0 Å². The van der Waals surface area contributed by atoms with Crippen LogP contribution in [0.5, 0.6) is 0 Å². The predicted octanol–water partition coefficient (Wildman–Crippen LogP) is 3.42. The molecule has 3 nitrogen and oxygen atoms in total. The second-order valence-corrected chi connectivity index (χ2v) is 6.62. The van der Waals surface area contributed by atoms with Crippen molar-refractivity contribution >= 4 is 5.90 Å². The van der Waals surface area contributed by atoms with Crippen LogP contribution in [0.2, 0.25) is 0 Å². The summed E-state index contributed by atoms with van der Waals surface area (Å²) < 4.78 is 5.91. The molecule has 0 spiro atoms. The zero-order valence-electron chi connectivity index (χ0n) is 12.9. The molecule has 1 unspecified atom stereocenters. The topological polar surface area (TPSA) is 24.6 Å². The van der Waals surface area contributed by atoms with Gasteiger partial charge < -0.3 is 4.74 Å². The van der Waals surface area contributed by atoms with E-state index < -0.39 is 0 Å². The van der Waals surface area contributed by atoms with Crippen LogP contribution in [-0.4, -0.2) is 35.0 Å². The summed E-state index contributed by atoms with van der Waals surface area (Å²) in [5, 5.41) is 0. The van der Waals surface area contributed by atoms with Gasteiger partial charge in [-0.3, -0.25) is 4.90 Å². The zero-order chi connectivity index (χ0) is 14.4. The number of aliphatic imine (C=N–C) groups is 1. The first-order chi connectivity index (χ1) is 9.48. The minimum atomic E-state index is -0.0677. The summed E-state index contributed by atoms with van der Waals surface area (Å²) in [6, 6.07) is 11.1. The van der Waals surface area contributed by atoms with Gasteiger partial charge in [0.15, 0.2) is 0 Å². The first kappa shape index (κ1) is 13.6. The summed E-state index contributed by atoms with van der Waals surface area (Å²) in [5.74, 6) is 0.952. The fraction of sp³-hybridized carbons (Fsp3) is 0.588. The molecule has 20 heavy (non-hydrogen) atoms. The van der Waals surface area contributed by atoms with Crippen molar-refractivity contribution in [2.24, 2.45) is 4.99 Å². The Morgan fingerprint density at radius 3 is 2.55 bits per heavy atom. The van der Waals surface area contributed by atoms with Crippen LogP contribution in [0, 0.1) is 0 Å². The van der Waals surface area contributed by atoms with E-state index in [2.05, 4.69) is 62.9 Å². The molecule has 0 saturated carbocycles. The lowest BCUT2D eigenvalue weighted by Crippen LogP contribution is -2.30. The molecule has 3 rings (SSSR count). The van der Waals surface area contributed by atoms with E-state index in [1.165, 1.54) is 5.56 Å². The van der Waals surface area contributed by atoms with Gasteiger partial charge in [-0.1, -0.05) is 37.3 Å². The fourth-order valence-corrected chi connectivity index (χ4v) is 3.14. The molecule has 1 fully saturated rings. The lowest BCUT2D eigenvalue weighted by molar-refractivity contribution is 0.254. The van der Waals surface area contributed by atoms with E-state index in [-0.39, 0.29) is 11.1 Å². The summed E-state index contributed by atoms with van der Waals surface area (Å²) in [6.45, 7) is 10.5. The van der Waals surface area contributed by atoms with Gasteiger partial charge in [0.25, 0.3) is 0 Å². The zero-order valence-corrected chi connectivity index (χ0v) is 12.9. The monoisotopic (exact) mass is 272 g/mol. The number of hydrogen-bond donors (Lipinski definition) is 0. The van der Waals surface area contributed by atoms with E-state index in [9.17, 15) is 0 Å². The van der Waals surface area contributed by atoms with Crippen molar-refractivity contribution in [2.75, 3.05) is 13.2 Å². The van der Waals surface area contributed by atoms with E-state index >= 15 is 0 Å². The van der Waals surface area contributed by atoms with E-state index in [4.69, 9.17) is 9.73 Å². The van der Waals surface area contributed by atoms with Crippen molar-refractivity contribution < 1.29 is 4.74 Å². The molecule has 3 heteroatoms. The lowest BCUT2D eigenvalue weighted by atomic mass is 10.0. The van der Waals surface area contributed by atoms with Gasteiger partial charge in [-0.25, -0.2) is 4.99 Å². The molecule has 0 N–H and O–H groups in total. The first-order valence-electron chi connectivity index (χ1n) is 7.53. The standard InChI is InChI=1S/C17H24N2O/c1-5-17(15-18-16(3,4)12-20-15)11-19(17)13(2)14-9-7-6-8-10-14/h6-10,13H,5,11-12H2,1-4H3/t13-,17+,19?/m1/s1. The van der Waals surface area contributed by atoms with Crippen molar-refractivity contribution in [1.29, 1.82) is 0 Å². The third kappa shape index (κ3) is 2.14. The maximum Gasteiger partial charge on any atom is 0.206 e. The molecular formula is C17H24N2O. The summed E-state index contributed by atoms with van der Waals surface area (Å²) in [7, 11) is 0. The molecule has 1 saturated heterocycles. The highest BCUT2D eigenvalue weighted by molar-refractivity contribution is 5.91. The molecule has 0 bridgehead atoms. The van der Waals surface area contributed by atoms with Gasteiger partial charge in [-0.15, -0.1) is 0 Å². The molecule has 1 aromatic rings. The van der Waals surface area contributed by atoms with Crippen LogP contribution in [0.1, 0.15) is 45.7 Å². The lowest BCUT2D eigenvalue weighted by Gasteiger charge is -2.21. The van der Waals surface area contributed by atoms with E-state index in [0.29, 0.717) is 12.6 Å². The number of ether oxygens (including phenoxy) is 1. The van der Waals surface area contributed by atoms with Crippen LogP contribution in [0.15, 0.2) is 35.3 Å². The molecule has 1 aromatic carbocycles. The predicted molar refractivity (Wildman–Crippen MR) is 82.1 cm³/mol.